The number of nitrogens with zero attached hydrogens (tertiary/aromatic N) is 1. The van der Waals surface area contributed by atoms with E-state index >= 15 is 0 Å². The fourth-order valence-electron chi connectivity index (χ4n) is 3.26. The summed E-state index contributed by atoms with van der Waals surface area (Å²) in [5.74, 6) is 1.28. The van der Waals surface area contributed by atoms with Gasteiger partial charge in [0.15, 0.2) is 16.7 Å². The van der Waals surface area contributed by atoms with Gasteiger partial charge in [-0.1, -0.05) is 6.07 Å². The molecule has 1 fully saturated rings. The summed E-state index contributed by atoms with van der Waals surface area (Å²) in [6.45, 7) is 2.21. The van der Waals surface area contributed by atoms with Crippen LogP contribution in [0.3, 0.4) is 0 Å². The number of ether oxygens (including phenoxy) is 4. The molecule has 1 heterocycles. The summed E-state index contributed by atoms with van der Waals surface area (Å²) in [7, 11) is 3.15. The van der Waals surface area contributed by atoms with E-state index in [9.17, 15) is 9.59 Å². The molecule has 1 amide bonds. The van der Waals surface area contributed by atoms with E-state index in [1.165, 1.54) is 11.8 Å². The molecule has 0 unspecified atom stereocenters. The van der Waals surface area contributed by atoms with Crippen molar-refractivity contribution in [3.05, 3.63) is 82.8 Å². The highest BCUT2D eigenvalue weighted by atomic mass is 32.2. The van der Waals surface area contributed by atoms with Crippen molar-refractivity contribution in [1.82, 2.24) is 5.32 Å². The van der Waals surface area contributed by atoms with Gasteiger partial charge in [-0.2, -0.15) is 0 Å². The molecule has 3 aromatic carbocycles. The van der Waals surface area contributed by atoms with Crippen LogP contribution in [0.15, 0.2) is 76.6 Å². The first-order chi connectivity index (χ1) is 17.5. The van der Waals surface area contributed by atoms with Crippen molar-refractivity contribution in [3.8, 4) is 23.0 Å². The first kappa shape index (κ1) is 24.9. The number of hydrogen-bond donors (Lipinski definition) is 1. The van der Waals surface area contributed by atoms with Crippen molar-refractivity contribution in [1.29, 1.82) is 0 Å². The fraction of sp³-hybridized carbons (Fsp3) is 0.148. The van der Waals surface area contributed by atoms with Gasteiger partial charge in [0.1, 0.15) is 11.5 Å². The minimum Gasteiger partial charge on any atom is -0.497 e. The maximum atomic E-state index is 12.6. The van der Waals surface area contributed by atoms with Crippen LogP contribution in [0.4, 0.5) is 5.69 Å². The molecule has 0 aromatic heterocycles. The van der Waals surface area contributed by atoms with Gasteiger partial charge in [-0.3, -0.25) is 4.79 Å². The van der Waals surface area contributed by atoms with Crippen molar-refractivity contribution in [2.75, 3.05) is 20.8 Å². The molecular formula is C27H24N2O6S. The van der Waals surface area contributed by atoms with E-state index in [2.05, 4.69) is 10.3 Å². The molecule has 0 aliphatic carbocycles. The summed E-state index contributed by atoms with van der Waals surface area (Å²) in [5.41, 5.74) is 1.79. The first-order valence-corrected chi connectivity index (χ1v) is 11.9. The largest absolute Gasteiger partial charge is 0.497 e. The van der Waals surface area contributed by atoms with Crippen LogP contribution in [0.2, 0.25) is 0 Å². The predicted molar refractivity (Wildman–Crippen MR) is 139 cm³/mol. The molecule has 1 saturated heterocycles. The zero-order valence-electron chi connectivity index (χ0n) is 19.9. The van der Waals surface area contributed by atoms with E-state index in [0.29, 0.717) is 45.0 Å². The Bertz CT molecular complexity index is 1320. The van der Waals surface area contributed by atoms with Gasteiger partial charge in [0.2, 0.25) is 0 Å². The normalized spacial score (nSPS) is 15.0. The minimum atomic E-state index is -0.519. The van der Waals surface area contributed by atoms with Gasteiger partial charge in [0.25, 0.3) is 5.91 Å². The third-order valence-electron chi connectivity index (χ3n) is 5.05. The summed E-state index contributed by atoms with van der Waals surface area (Å²) in [4.78, 5) is 30.0. The van der Waals surface area contributed by atoms with E-state index < -0.39 is 5.97 Å². The topological polar surface area (TPSA) is 95.5 Å². The lowest BCUT2D eigenvalue weighted by Crippen LogP contribution is -2.19. The number of carbonyl (C=O) groups is 2. The fourth-order valence-corrected chi connectivity index (χ4v) is 4.10. The molecule has 0 atom stereocenters. The predicted octanol–water partition coefficient (Wildman–Crippen LogP) is 5.21. The molecule has 4 rings (SSSR count). The molecule has 1 N–H and O–H groups in total. The second-order valence-electron chi connectivity index (χ2n) is 7.44. The molecule has 8 nitrogen and oxygen atoms in total. The van der Waals surface area contributed by atoms with Crippen molar-refractivity contribution >= 4 is 40.6 Å². The molecule has 0 radical (unpaired) electrons. The molecule has 1 aliphatic heterocycles. The average molecular weight is 505 g/mol. The summed E-state index contributed by atoms with van der Waals surface area (Å²) < 4.78 is 21.5. The third-order valence-corrected chi connectivity index (χ3v) is 5.96. The second-order valence-corrected chi connectivity index (χ2v) is 8.47. The highest BCUT2D eigenvalue weighted by molar-refractivity contribution is 8.18. The molecule has 3 aromatic rings. The van der Waals surface area contributed by atoms with Crippen molar-refractivity contribution in [2.24, 2.45) is 4.99 Å². The molecule has 0 spiro atoms. The number of nitrogens with one attached hydrogen (secondary N) is 1. The number of benzene rings is 3. The van der Waals surface area contributed by atoms with Gasteiger partial charge in [-0.25, -0.2) is 9.79 Å². The Morgan fingerprint density at radius 1 is 0.944 bits per heavy atom. The van der Waals surface area contributed by atoms with Gasteiger partial charge in [0, 0.05) is 0 Å². The number of amidine groups is 1. The van der Waals surface area contributed by atoms with Gasteiger partial charge in [-0.05, 0) is 91.0 Å². The van der Waals surface area contributed by atoms with Crippen molar-refractivity contribution in [2.45, 2.75) is 6.92 Å². The SMILES string of the molecule is CCOc1cc(/C=C2\SC(=Nc3ccc(OC)cc3)NC2=O)ccc1OC(=O)c1ccc(OC)cc1. The van der Waals surface area contributed by atoms with Gasteiger partial charge >= 0.3 is 5.97 Å². The number of methoxy groups -OCH3 is 2. The molecule has 1 aliphatic rings. The Hall–Kier alpha value is -4.24. The number of aliphatic imine (C=N–C) groups is 1. The Balaban J connectivity index is 1.51. The molecule has 0 saturated carbocycles. The lowest BCUT2D eigenvalue weighted by Gasteiger charge is -2.12. The molecule has 0 bridgehead atoms. The lowest BCUT2D eigenvalue weighted by molar-refractivity contribution is -0.115. The zero-order chi connectivity index (χ0) is 25.5. The Morgan fingerprint density at radius 2 is 1.61 bits per heavy atom. The lowest BCUT2D eigenvalue weighted by atomic mass is 10.1. The monoisotopic (exact) mass is 504 g/mol. The standard InChI is InChI=1S/C27H24N2O6S/c1-4-34-23-15-17(5-14-22(23)35-26(31)18-6-10-20(32-2)11-7-18)16-24-25(30)29-27(36-24)28-19-8-12-21(33-3)13-9-19/h5-16H,4H2,1-3H3,(H,28,29,30)/b24-16-. The highest BCUT2D eigenvalue weighted by Crippen LogP contribution is 2.33. The van der Waals surface area contributed by atoms with Crippen molar-refractivity contribution in [3.63, 3.8) is 0 Å². The molecule has 36 heavy (non-hydrogen) atoms. The third kappa shape index (κ3) is 6.05. The molecular weight excluding hydrogens is 480 g/mol. The van der Waals surface area contributed by atoms with E-state index in [4.69, 9.17) is 18.9 Å². The van der Waals surface area contributed by atoms with E-state index in [1.807, 2.05) is 6.92 Å². The second kappa shape index (κ2) is 11.5. The molecule has 184 valence electrons. The smallest absolute Gasteiger partial charge is 0.343 e. The Labute approximate surface area is 212 Å². The summed E-state index contributed by atoms with van der Waals surface area (Å²) >= 11 is 1.24. The minimum absolute atomic E-state index is 0.250. The van der Waals surface area contributed by atoms with Crippen LogP contribution >= 0.6 is 11.8 Å². The van der Waals surface area contributed by atoms with Gasteiger partial charge < -0.3 is 24.3 Å². The number of thioether (sulfide) groups is 1. The van der Waals surface area contributed by atoms with Gasteiger partial charge in [0.05, 0.1) is 37.0 Å². The van der Waals surface area contributed by atoms with Crippen LogP contribution in [0.1, 0.15) is 22.8 Å². The summed E-state index contributed by atoms with van der Waals surface area (Å²) in [6, 6.07) is 19.0. The van der Waals surface area contributed by atoms with Crippen molar-refractivity contribution < 1.29 is 28.5 Å². The van der Waals surface area contributed by atoms with Crippen LogP contribution in [0.5, 0.6) is 23.0 Å². The Kier molecular flexibility index (Phi) is 7.92. The number of hydrogen-bond acceptors (Lipinski definition) is 8. The summed E-state index contributed by atoms with van der Waals surface area (Å²) in [6.07, 6.45) is 1.73. The quantitative estimate of drug-likeness (QED) is 0.255. The van der Waals surface area contributed by atoms with E-state index in [0.717, 1.165) is 5.75 Å². The highest BCUT2D eigenvalue weighted by Gasteiger charge is 2.24. The maximum absolute atomic E-state index is 12.6. The number of esters is 1. The van der Waals surface area contributed by atoms with Gasteiger partial charge in [-0.15, -0.1) is 0 Å². The number of rotatable bonds is 8. The Morgan fingerprint density at radius 3 is 2.25 bits per heavy atom. The maximum Gasteiger partial charge on any atom is 0.343 e. The van der Waals surface area contributed by atoms with Crippen LogP contribution in [0, 0.1) is 0 Å². The summed E-state index contributed by atoms with van der Waals surface area (Å²) in [5, 5.41) is 3.25. The van der Waals surface area contributed by atoms with Crippen LogP contribution in [0.25, 0.3) is 6.08 Å². The number of carbonyl (C=O) groups excluding carboxylic acids is 2. The van der Waals surface area contributed by atoms with Crippen LogP contribution < -0.4 is 24.3 Å². The average Bonchev–Trinajstić information content (AvgIpc) is 3.24. The number of amides is 1. The van der Waals surface area contributed by atoms with Crippen LogP contribution in [-0.4, -0.2) is 37.9 Å². The van der Waals surface area contributed by atoms with Crippen LogP contribution in [-0.2, 0) is 4.79 Å². The van der Waals surface area contributed by atoms with E-state index in [1.54, 1.807) is 87.0 Å². The van der Waals surface area contributed by atoms with E-state index in [-0.39, 0.29) is 11.7 Å². The first-order valence-electron chi connectivity index (χ1n) is 11.1. The molecule has 9 heteroatoms. The zero-order valence-corrected chi connectivity index (χ0v) is 20.8.